The molecule has 1 aromatic carbocycles. The Morgan fingerprint density at radius 1 is 1.27 bits per heavy atom. The summed E-state index contributed by atoms with van der Waals surface area (Å²) in [6.07, 6.45) is 0.725. The first-order valence-corrected chi connectivity index (χ1v) is 11.6. The van der Waals surface area contributed by atoms with Crippen LogP contribution in [0.25, 0.3) is 22.1 Å². The van der Waals surface area contributed by atoms with Gasteiger partial charge in [-0.1, -0.05) is 46.8 Å². The number of hydrogen-bond donors (Lipinski definition) is 1. The number of amides is 1. The Hall–Kier alpha value is -3.60. The highest BCUT2D eigenvalue weighted by molar-refractivity contribution is 7.21. The molecule has 0 aliphatic carbocycles. The van der Waals surface area contributed by atoms with E-state index in [4.69, 9.17) is 4.52 Å². The Bertz CT molecular complexity index is 1380. The Labute approximate surface area is 193 Å². The highest BCUT2D eigenvalue weighted by Gasteiger charge is 2.37. The van der Waals surface area contributed by atoms with Gasteiger partial charge in [-0.25, -0.2) is 9.97 Å². The van der Waals surface area contributed by atoms with Crippen LogP contribution in [0.15, 0.2) is 39.6 Å². The van der Waals surface area contributed by atoms with Crippen LogP contribution in [0.4, 0.5) is 5.13 Å². The Morgan fingerprint density at radius 2 is 2.06 bits per heavy atom. The zero-order chi connectivity index (χ0) is 23.1. The van der Waals surface area contributed by atoms with Crippen molar-refractivity contribution in [1.29, 1.82) is 0 Å². The monoisotopic (exact) mass is 465 g/mol. The van der Waals surface area contributed by atoms with Gasteiger partial charge >= 0.3 is 0 Å². The van der Waals surface area contributed by atoms with Gasteiger partial charge in [-0.2, -0.15) is 4.98 Å². The Kier molecular flexibility index (Phi) is 5.41. The number of aryl methyl sites for hydroxylation is 1. The second kappa shape index (κ2) is 8.39. The van der Waals surface area contributed by atoms with E-state index in [2.05, 4.69) is 25.4 Å². The first kappa shape index (κ1) is 21.3. The molecule has 4 aromatic rings. The van der Waals surface area contributed by atoms with Crippen LogP contribution in [-0.4, -0.2) is 43.2 Å². The van der Waals surface area contributed by atoms with Crippen molar-refractivity contribution in [1.82, 2.24) is 30.0 Å². The molecule has 1 amide bonds. The van der Waals surface area contributed by atoms with Crippen LogP contribution in [0.2, 0.25) is 0 Å². The second-order valence-corrected chi connectivity index (χ2v) is 8.88. The van der Waals surface area contributed by atoms with Crippen molar-refractivity contribution in [2.24, 2.45) is 0 Å². The molecule has 1 N–H and O–H groups in total. The summed E-state index contributed by atoms with van der Waals surface area (Å²) in [4.78, 5) is 41.8. The summed E-state index contributed by atoms with van der Waals surface area (Å²) >= 11 is 1.29. The zero-order valence-corrected chi connectivity index (χ0v) is 19.3. The highest BCUT2D eigenvalue weighted by atomic mass is 32.1. The summed E-state index contributed by atoms with van der Waals surface area (Å²) in [6, 6.07) is 9.40. The minimum Gasteiger partial charge on any atom is -0.348 e. The van der Waals surface area contributed by atoms with E-state index in [1.807, 2.05) is 49.1 Å². The van der Waals surface area contributed by atoms with Crippen LogP contribution in [0.5, 0.6) is 0 Å². The number of nitrogens with one attached hydrogen (secondary N) is 1. The molecule has 1 aliphatic rings. The molecule has 2 atom stereocenters. The van der Waals surface area contributed by atoms with E-state index in [1.54, 1.807) is 6.92 Å². The molecular formula is C22H23N7O3S. The minimum absolute atomic E-state index is 0.0576. The van der Waals surface area contributed by atoms with Crippen LogP contribution >= 0.6 is 11.3 Å². The average molecular weight is 466 g/mol. The van der Waals surface area contributed by atoms with Gasteiger partial charge in [0.15, 0.2) is 21.3 Å². The molecule has 3 aromatic heterocycles. The molecule has 0 radical (unpaired) electrons. The first-order valence-electron chi connectivity index (χ1n) is 10.8. The van der Waals surface area contributed by atoms with Gasteiger partial charge in [-0.15, -0.1) is 0 Å². The normalized spacial score (nSPS) is 16.6. The van der Waals surface area contributed by atoms with E-state index in [9.17, 15) is 9.59 Å². The molecule has 1 aliphatic heterocycles. The number of anilines is 1. The molecule has 11 heteroatoms. The van der Waals surface area contributed by atoms with Crippen molar-refractivity contribution >= 4 is 32.7 Å². The molecule has 10 nitrogen and oxygen atoms in total. The molecule has 1 saturated heterocycles. The maximum atomic E-state index is 13.1. The molecule has 0 bridgehead atoms. The third kappa shape index (κ3) is 3.78. The maximum Gasteiger partial charge on any atom is 0.294 e. The number of benzene rings is 1. The molecule has 5 rings (SSSR count). The number of aromatic nitrogens is 5. The summed E-state index contributed by atoms with van der Waals surface area (Å²) in [5, 5.41) is 7.49. The van der Waals surface area contributed by atoms with Crippen molar-refractivity contribution in [3.05, 3.63) is 52.1 Å². The fraction of sp³-hybridized carbons (Fsp3) is 0.364. The molecule has 4 heterocycles. The number of rotatable bonds is 6. The SMILES string of the molecule is CCn1c(-c2nc(C)no2)nc2sc(N3CCC3C(=O)N[C@H](C)c3ccccc3)nc2c1=O. The fourth-order valence-corrected chi connectivity index (χ4v) is 4.90. The summed E-state index contributed by atoms with van der Waals surface area (Å²) in [5.41, 5.74) is 1.06. The van der Waals surface area contributed by atoms with Crippen LogP contribution in [0, 0.1) is 6.92 Å². The zero-order valence-electron chi connectivity index (χ0n) is 18.5. The summed E-state index contributed by atoms with van der Waals surface area (Å²) in [5.74, 6) is 0.920. The van der Waals surface area contributed by atoms with Crippen molar-refractivity contribution < 1.29 is 9.32 Å². The minimum atomic E-state index is -0.330. The number of carbonyl (C=O) groups is 1. The predicted molar refractivity (Wildman–Crippen MR) is 124 cm³/mol. The van der Waals surface area contributed by atoms with Crippen LogP contribution in [0.1, 0.15) is 37.7 Å². The van der Waals surface area contributed by atoms with Gasteiger partial charge < -0.3 is 14.7 Å². The molecule has 170 valence electrons. The smallest absolute Gasteiger partial charge is 0.294 e. The van der Waals surface area contributed by atoms with Crippen molar-refractivity contribution in [3.63, 3.8) is 0 Å². The van der Waals surface area contributed by atoms with Gasteiger partial charge in [0.25, 0.3) is 11.4 Å². The Morgan fingerprint density at radius 3 is 2.70 bits per heavy atom. The van der Waals surface area contributed by atoms with Gasteiger partial charge in [-0.3, -0.25) is 14.2 Å². The van der Waals surface area contributed by atoms with Crippen molar-refractivity contribution in [2.75, 3.05) is 11.4 Å². The van der Waals surface area contributed by atoms with Gasteiger partial charge in [0, 0.05) is 13.1 Å². The third-order valence-electron chi connectivity index (χ3n) is 5.77. The number of thiazole rings is 1. The lowest BCUT2D eigenvalue weighted by Crippen LogP contribution is -2.56. The van der Waals surface area contributed by atoms with Crippen molar-refractivity contribution in [2.45, 2.75) is 45.8 Å². The standard InChI is InChI=1S/C22H23N7O3S/c1-4-28-17(19-24-13(3)27-32-19)26-20-16(21(28)31)25-22(33-20)29-11-10-15(29)18(30)23-12(2)14-8-6-5-7-9-14/h5-9,12,15H,4,10-11H2,1-3H3,(H,23,30)/t12-,15?/m1/s1. The van der Waals surface area contributed by atoms with Crippen LogP contribution in [0.3, 0.4) is 0 Å². The molecule has 0 saturated carbocycles. The molecule has 1 fully saturated rings. The largest absolute Gasteiger partial charge is 0.348 e. The number of hydrogen-bond acceptors (Lipinski definition) is 9. The summed E-state index contributed by atoms with van der Waals surface area (Å²) < 4.78 is 6.72. The average Bonchev–Trinajstić information content (AvgIpc) is 3.39. The quantitative estimate of drug-likeness (QED) is 0.462. The lowest BCUT2D eigenvalue weighted by atomic mass is 10.0. The fourth-order valence-electron chi connectivity index (χ4n) is 3.89. The molecule has 33 heavy (non-hydrogen) atoms. The Balaban J connectivity index is 1.42. The number of carbonyl (C=O) groups excluding carboxylic acids is 1. The van der Waals surface area contributed by atoms with Gasteiger partial charge in [0.1, 0.15) is 6.04 Å². The number of nitrogens with zero attached hydrogens (tertiary/aromatic N) is 6. The van der Waals surface area contributed by atoms with Gasteiger partial charge in [-0.05, 0) is 32.8 Å². The molecule has 1 unspecified atom stereocenters. The van der Waals surface area contributed by atoms with Gasteiger partial charge in [0.05, 0.1) is 6.04 Å². The second-order valence-electron chi connectivity index (χ2n) is 7.92. The lowest BCUT2D eigenvalue weighted by Gasteiger charge is -2.40. The van der Waals surface area contributed by atoms with Crippen LogP contribution < -0.4 is 15.8 Å². The molecular weight excluding hydrogens is 442 g/mol. The third-order valence-corrected chi connectivity index (χ3v) is 6.76. The molecule has 0 spiro atoms. The van der Waals surface area contributed by atoms with E-state index in [0.717, 1.165) is 12.0 Å². The summed E-state index contributed by atoms with van der Waals surface area (Å²) in [6.45, 7) is 6.59. The highest BCUT2D eigenvalue weighted by Crippen LogP contribution is 2.33. The maximum absolute atomic E-state index is 13.1. The van der Waals surface area contributed by atoms with E-state index in [-0.39, 0.29) is 35.0 Å². The van der Waals surface area contributed by atoms with E-state index in [1.165, 1.54) is 15.9 Å². The van der Waals surface area contributed by atoms with Crippen molar-refractivity contribution in [3.8, 4) is 11.7 Å². The first-order chi connectivity index (χ1) is 16.0. The van der Waals surface area contributed by atoms with E-state index in [0.29, 0.717) is 34.7 Å². The van der Waals surface area contributed by atoms with Crippen LogP contribution in [-0.2, 0) is 11.3 Å². The topological polar surface area (TPSA) is 119 Å². The van der Waals surface area contributed by atoms with E-state index >= 15 is 0 Å². The van der Waals surface area contributed by atoms with Gasteiger partial charge in [0.2, 0.25) is 11.7 Å². The predicted octanol–water partition coefficient (Wildman–Crippen LogP) is 2.69. The van der Waals surface area contributed by atoms with E-state index < -0.39 is 0 Å². The number of fused-ring (bicyclic) bond motifs is 1. The summed E-state index contributed by atoms with van der Waals surface area (Å²) in [7, 11) is 0. The lowest BCUT2D eigenvalue weighted by molar-refractivity contribution is -0.124.